The maximum absolute atomic E-state index is 13.1. The predicted octanol–water partition coefficient (Wildman–Crippen LogP) is -1.15. The lowest BCUT2D eigenvalue weighted by molar-refractivity contribution is 0.0988. The lowest BCUT2D eigenvalue weighted by Gasteiger charge is -2.09. The summed E-state index contributed by atoms with van der Waals surface area (Å²) in [5.41, 5.74) is 0. The monoisotopic (exact) mass is 250 g/mol. The Morgan fingerprint density at radius 1 is 1.56 bits per heavy atom. The molecule has 0 bridgehead atoms. The highest BCUT2D eigenvalue weighted by molar-refractivity contribution is 7.89. The molecule has 0 saturated carbocycles. The summed E-state index contributed by atoms with van der Waals surface area (Å²) in [6, 6.07) is 2.22. The molecule has 16 heavy (non-hydrogen) atoms. The molecule has 0 radical (unpaired) electrons. The van der Waals surface area contributed by atoms with Crippen molar-refractivity contribution < 1.29 is 23.0 Å². The minimum Gasteiger partial charge on any atom is -0.394 e. The minimum absolute atomic E-state index is 0.408. The van der Waals surface area contributed by atoms with Gasteiger partial charge in [-0.15, -0.1) is 0 Å². The highest BCUT2D eigenvalue weighted by atomic mass is 32.2. The second-order valence-corrected chi connectivity index (χ2v) is 4.66. The average Bonchev–Trinajstić information content (AvgIpc) is 2.26. The van der Waals surface area contributed by atoms with Gasteiger partial charge < -0.3 is 10.2 Å². The average molecular weight is 250 g/mol. The fraction of sp³-hybridized carbons (Fsp3) is 0.375. The molecule has 0 fully saturated rings. The van der Waals surface area contributed by atoms with Crippen molar-refractivity contribution in [2.45, 2.75) is 11.1 Å². The summed E-state index contributed by atoms with van der Waals surface area (Å²) in [5, 5.41) is 16.7. The molecule has 6 nitrogen and oxygen atoms in total. The van der Waals surface area contributed by atoms with Crippen LogP contribution in [0.4, 0.5) is 4.39 Å². The van der Waals surface area contributed by atoms with Crippen LogP contribution in [0, 0.1) is 5.82 Å². The molecule has 1 heterocycles. The number of hydrogen-bond donors (Lipinski definition) is 3. The van der Waals surface area contributed by atoms with Gasteiger partial charge in [0.2, 0.25) is 5.03 Å². The zero-order valence-corrected chi connectivity index (χ0v) is 8.98. The Hall–Kier alpha value is -1.09. The molecule has 3 N–H and O–H groups in total. The van der Waals surface area contributed by atoms with Crippen LogP contribution in [0.2, 0.25) is 0 Å². The fourth-order valence-electron chi connectivity index (χ4n) is 0.908. The molecule has 90 valence electrons. The van der Waals surface area contributed by atoms with Gasteiger partial charge >= 0.3 is 0 Å². The lowest BCUT2D eigenvalue weighted by atomic mass is 10.4. The van der Waals surface area contributed by atoms with Gasteiger partial charge in [0.25, 0.3) is 10.0 Å². The van der Waals surface area contributed by atoms with Crippen LogP contribution in [0.25, 0.3) is 0 Å². The SMILES string of the molecule is O=S(=O)(NCC(O)CO)c1ncccc1F. The van der Waals surface area contributed by atoms with E-state index in [1.165, 1.54) is 6.07 Å². The summed E-state index contributed by atoms with van der Waals surface area (Å²) in [5.74, 6) is -0.978. The van der Waals surface area contributed by atoms with E-state index in [1.807, 2.05) is 4.72 Å². The van der Waals surface area contributed by atoms with Crippen molar-refractivity contribution in [2.75, 3.05) is 13.2 Å². The van der Waals surface area contributed by atoms with Crippen molar-refractivity contribution in [2.24, 2.45) is 0 Å². The van der Waals surface area contributed by atoms with Crippen molar-refractivity contribution in [3.63, 3.8) is 0 Å². The topological polar surface area (TPSA) is 99.5 Å². The van der Waals surface area contributed by atoms with Gasteiger partial charge in [-0.2, -0.15) is 0 Å². The van der Waals surface area contributed by atoms with Crippen LogP contribution >= 0.6 is 0 Å². The number of rotatable bonds is 5. The molecule has 0 amide bonds. The standard InChI is InChI=1S/C8H11FN2O4S/c9-7-2-1-3-10-8(7)16(14,15)11-4-6(13)5-12/h1-3,6,11-13H,4-5H2. The largest absolute Gasteiger partial charge is 0.394 e. The summed E-state index contributed by atoms with van der Waals surface area (Å²) in [7, 11) is -4.10. The number of nitrogens with zero attached hydrogens (tertiary/aromatic N) is 1. The first-order chi connectivity index (χ1) is 7.47. The number of halogens is 1. The Kier molecular flexibility index (Phi) is 4.30. The number of pyridine rings is 1. The minimum atomic E-state index is -4.10. The third kappa shape index (κ3) is 3.20. The van der Waals surface area contributed by atoms with Crippen molar-refractivity contribution in [1.82, 2.24) is 9.71 Å². The van der Waals surface area contributed by atoms with E-state index in [0.29, 0.717) is 0 Å². The van der Waals surface area contributed by atoms with Crippen molar-refractivity contribution in [3.8, 4) is 0 Å². The third-order valence-corrected chi connectivity index (χ3v) is 3.06. The molecule has 0 aliphatic carbocycles. The molecular weight excluding hydrogens is 239 g/mol. The van der Waals surface area contributed by atoms with Crippen LogP contribution in [-0.2, 0) is 10.0 Å². The zero-order valence-electron chi connectivity index (χ0n) is 8.17. The lowest BCUT2D eigenvalue weighted by Crippen LogP contribution is -2.34. The smallest absolute Gasteiger partial charge is 0.261 e. The van der Waals surface area contributed by atoms with Gasteiger partial charge in [0.1, 0.15) is 0 Å². The molecule has 1 aromatic heterocycles. The Morgan fingerprint density at radius 2 is 2.25 bits per heavy atom. The molecule has 0 spiro atoms. The summed E-state index contributed by atoms with van der Waals surface area (Å²) in [6.07, 6.45) is -0.0957. The summed E-state index contributed by atoms with van der Waals surface area (Å²) < 4.78 is 38.0. The second kappa shape index (κ2) is 5.30. The van der Waals surface area contributed by atoms with Crippen LogP contribution in [0.15, 0.2) is 23.4 Å². The number of aliphatic hydroxyl groups is 2. The van der Waals surface area contributed by atoms with Crippen LogP contribution < -0.4 is 4.72 Å². The summed E-state index contributed by atoms with van der Waals surface area (Å²) in [4.78, 5) is 3.38. The van der Waals surface area contributed by atoms with Gasteiger partial charge in [-0.1, -0.05) is 0 Å². The van der Waals surface area contributed by atoms with E-state index in [-0.39, 0.29) is 0 Å². The van der Waals surface area contributed by atoms with E-state index < -0.39 is 40.1 Å². The first kappa shape index (κ1) is 13.0. The number of aliphatic hydroxyl groups excluding tert-OH is 2. The van der Waals surface area contributed by atoms with Crippen molar-refractivity contribution in [1.29, 1.82) is 0 Å². The molecular formula is C8H11FN2O4S. The van der Waals surface area contributed by atoms with Gasteiger partial charge in [-0.3, -0.25) is 0 Å². The van der Waals surface area contributed by atoms with Gasteiger partial charge in [0, 0.05) is 12.7 Å². The highest BCUT2D eigenvalue weighted by Gasteiger charge is 2.20. The van der Waals surface area contributed by atoms with E-state index >= 15 is 0 Å². The number of hydrogen-bond acceptors (Lipinski definition) is 5. The molecule has 1 atom stereocenters. The van der Waals surface area contributed by atoms with Crippen LogP contribution in [0.1, 0.15) is 0 Å². The molecule has 1 rings (SSSR count). The first-order valence-corrected chi connectivity index (χ1v) is 5.85. The van der Waals surface area contributed by atoms with Crippen LogP contribution in [0.3, 0.4) is 0 Å². The number of sulfonamides is 1. The fourth-order valence-corrected chi connectivity index (χ4v) is 1.98. The Bertz CT molecular complexity index is 451. The predicted molar refractivity (Wildman–Crippen MR) is 52.5 cm³/mol. The van der Waals surface area contributed by atoms with E-state index in [9.17, 15) is 12.8 Å². The molecule has 0 aliphatic heterocycles. The van der Waals surface area contributed by atoms with E-state index in [0.717, 1.165) is 12.3 Å². The quantitative estimate of drug-likeness (QED) is 0.613. The molecule has 1 unspecified atom stereocenters. The second-order valence-electron chi connectivity index (χ2n) is 2.98. The number of nitrogens with one attached hydrogen (secondary N) is 1. The van der Waals surface area contributed by atoms with Gasteiger partial charge in [0.15, 0.2) is 5.82 Å². The molecule has 0 saturated heterocycles. The highest BCUT2D eigenvalue weighted by Crippen LogP contribution is 2.09. The van der Waals surface area contributed by atoms with E-state index in [2.05, 4.69) is 4.98 Å². The molecule has 0 aromatic carbocycles. The van der Waals surface area contributed by atoms with Gasteiger partial charge in [0.05, 0.1) is 12.7 Å². The summed E-state index contributed by atoms with van der Waals surface area (Å²) >= 11 is 0. The van der Waals surface area contributed by atoms with Crippen molar-refractivity contribution in [3.05, 3.63) is 24.1 Å². The van der Waals surface area contributed by atoms with Crippen LogP contribution in [-0.4, -0.2) is 42.9 Å². The Labute approximate surface area is 91.8 Å². The molecule has 1 aromatic rings. The number of aromatic nitrogens is 1. The molecule has 0 aliphatic rings. The zero-order chi connectivity index (χ0) is 12.2. The van der Waals surface area contributed by atoms with Gasteiger partial charge in [-0.05, 0) is 12.1 Å². The van der Waals surface area contributed by atoms with Crippen LogP contribution in [0.5, 0.6) is 0 Å². The maximum Gasteiger partial charge on any atom is 0.261 e. The van der Waals surface area contributed by atoms with Crippen molar-refractivity contribution >= 4 is 10.0 Å². The normalized spacial score (nSPS) is 13.7. The molecule has 8 heteroatoms. The Morgan fingerprint density at radius 3 is 2.81 bits per heavy atom. The summed E-state index contributed by atoms with van der Waals surface area (Å²) in [6.45, 7) is -0.998. The maximum atomic E-state index is 13.1. The first-order valence-electron chi connectivity index (χ1n) is 4.36. The third-order valence-electron chi connectivity index (χ3n) is 1.70. The van der Waals surface area contributed by atoms with E-state index in [4.69, 9.17) is 10.2 Å². The van der Waals surface area contributed by atoms with E-state index in [1.54, 1.807) is 0 Å². The van der Waals surface area contributed by atoms with Gasteiger partial charge in [-0.25, -0.2) is 22.5 Å². The Balaban J connectivity index is 2.83.